The smallest absolute Gasteiger partial charge is 0.276 e. The summed E-state index contributed by atoms with van der Waals surface area (Å²) in [4.78, 5) is 12.8. The second-order valence-electron chi connectivity index (χ2n) is 7.07. The van der Waals surface area contributed by atoms with E-state index < -0.39 is 21.6 Å². The molecule has 1 saturated heterocycles. The first kappa shape index (κ1) is 18.4. The van der Waals surface area contributed by atoms with E-state index in [1.165, 1.54) is 18.2 Å². The molecule has 1 aliphatic heterocycles. The first-order valence-corrected chi connectivity index (χ1v) is 11.1. The molecule has 1 atom stereocenters. The number of anilines is 1. The zero-order chi connectivity index (χ0) is 19.2. The van der Waals surface area contributed by atoms with Crippen molar-refractivity contribution in [1.29, 1.82) is 0 Å². The van der Waals surface area contributed by atoms with E-state index >= 15 is 0 Å². The van der Waals surface area contributed by atoms with Crippen molar-refractivity contribution < 1.29 is 17.6 Å². The Bertz CT molecular complexity index is 1020. The predicted octanol–water partition coefficient (Wildman–Crippen LogP) is 3.17. The molecule has 2 aromatic rings. The highest BCUT2D eigenvalue weighted by molar-refractivity contribution is 7.91. The Kier molecular flexibility index (Phi) is 4.71. The molecule has 1 amide bonds. The summed E-state index contributed by atoms with van der Waals surface area (Å²) in [6.07, 6.45) is 4.00. The predicted molar refractivity (Wildman–Crippen MR) is 101 cm³/mol. The van der Waals surface area contributed by atoms with Crippen LogP contribution in [0.2, 0.25) is 5.02 Å². The van der Waals surface area contributed by atoms with Crippen LogP contribution >= 0.6 is 11.6 Å². The van der Waals surface area contributed by atoms with E-state index in [0.29, 0.717) is 17.8 Å². The van der Waals surface area contributed by atoms with Gasteiger partial charge in [-0.1, -0.05) is 11.6 Å². The summed E-state index contributed by atoms with van der Waals surface area (Å²) in [5.41, 5.74) is 2.55. The van der Waals surface area contributed by atoms with Gasteiger partial charge in [0.15, 0.2) is 15.5 Å². The van der Waals surface area contributed by atoms with Gasteiger partial charge in [0.05, 0.1) is 22.6 Å². The Morgan fingerprint density at radius 2 is 2.07 bits per heavy atom. The van der Waals surface area contributed by atoms with Crippen LogP contribution in [0.3, 0.4) is 0 Å². The molecule has 0 spiro atoms. The van der Waals surface area contributed by atoms with Crippen molar-refractivity contribution >= 4 is 33.0 Å². The summed E-state index contributed by atoms with van der Waals surface area (Å²) in [5.74, 6) is -0.730. The van der Waals surface area contributed by atoms with E-state index in [1.54, 1.807) is 4.68 Å². The maximum atomic E-state index is 13.3. The SMILES string of the molecule is O=C(Nc1ccc(F)c(Cl)c1)c1nn([C@H]2CCS(=O)(=O)C2)c2c1CCCC2. The Labute approximate surface area is 161 Å². The molecule has 1 aromatic carbocycles. The van der Waals surface area contributed by atoms with Gasteiger partial charge < -0.3 is 5.32 Å². The summed E-state index contributed by atoms with van der Waals surface area (Å²) in [6, 6.07) is 3.76. The van der Waals surface area contributed by atoms with Crippen LogP contribution < -0.4 is 5.32 Å². The summed E-state index contributed by atoms with van der Waals surface area (Å²) < 4.78 is 38.8. The molecule has 27 heavy (non-hydrogen) atoms. The normalized spacial score (nSPS) is 21.0. The molecule has 9 heteroatoms. The number of fused-ring (bicyclic) bond motifs is 1. The second kappa shape index (κ2) is 6.91. The van der Waals surface area contributed by atoms with Crippen molar-refractivity contribution in [3.8, 4) is 0 Å². The molecule has 1 N–H and O–H groups in total. The fraction of sp³-hybridized carbons (Fsp3) is 0.444. The molecule has 4 rings (SSSR count). The van der Waals surface area contributed by atoms with Gasteiger partial charge in [-0.2, -0.15) is 5.10 Å². The number of nitrogens with one attached hydrogen (secondary N) is 1. The third kappa shape index (κ3) is 3.60. The van der Waals surface area contributed by atoms with Gasteiger partial charge in [-0.15, -0.1) is 0 Å². The Morgan fingerprint density at radius 3 is 2.78 bits per heavy atom. The molecule has 2 aliphatic rings. The summed E-state index contributed by atoms with van der Waals surface area (Å²) >= 11 is 5.77. The zero-order valence-electron chi connectivity index (χ0n) is 14.5. The molecule has 1 aromatic heterocycles. The van der Waals surface area contributed by atoms with Crippen molar-refractivity contribution in [2.75, 3.05) is 16.8 Å². The topological polar surface area (TPSA) is 81.1 Å². The average molecular weight is 412 g/mol. The molecule has 6 nitrogen and oxygen atoms in total. The van der Waals surface area contributed by atoms with Gasteiger partial charge in [0, 0.05) is 16.9 Å². The third-order valence-corrected chi connectivity index (χ3v) is 7.20. The minimum absolute atomic E-state index is 0.0652. The highest BCUT2D eigenvalue weighted by atomic mass is 35.5. The number of carbonyl (C=O) groups is 1. The van der Waals surface area contributed by atoms with E-state index in [-0.39, 0.29) is 22.6 Å². The molecule has 144 valence electrons. The molecule has 1 aliphatic carbocycles. The number of benzene rings is 1. The lowest BCUT2D eigenvalue weighted by Gasteiger charge is -2.17. The number of nitrogens with zero attached hydrogens (tertiary/aromatic N) is 2. The van der Waals surface area contributed by atoms with E-state index in [9.17, 15) is 17.6 Å². The molecular formula is C18H19ClFN3O3S. The zero-order valence-corrected chi connectivity index (χ0v) is 16.1. The fourth-order valence-electron chi connectivity index (χ4n) is 3.84. The third-order valence-electron chi connectivity index (χ3n) is 5.16. The van der Waals surface area contributed by atoms with Crippen molar-refractivity contribution in [2.24, 2.45) is 0 Å². The van der Waals surface area contributed by atoms with Crippen molar-refractivity contribution in [1.82, 2.24) is 9.78 Å². The quantitative estimate of drug-likeness (QED) is 0.841. The van der Waals surface area contributed by atoms with Crippen molar-refractivity contribution in [3.05, 3.63) is 46.0 Å². The minimum Gasteiger partial charge on any atom is -0.321 e. The van der Waals surface area contributed by atoms with Gasteiger partial charge in [-0.25, -0.2) is 12.8 Å². The number of hydrogen-bond acceptors (Lipinski definition) is 4. The largest absolute Gasteiger partial charge is 0.321 e. The number of carbonyl (C=O) groups excluding carboxylic acids is 1. The number of aromatic nitrogens is 2. The van der Waals surface area contributed by atoms with E-state index in [1.807, 2.05) is 0 Å². The van der Waals surface area contributed by atoms with Crippen LogP contribution in [0.25, 0.3) is 0 Å². The van der Waals surface area contributed by atoms with Crippen LogP contribution in [0.5, 0.6) is 0 Å². The number of rotatable bonds is 3. The Hall–Kier alpha value is -1.93. The van der Waals surface area contributed by atoms with Gasteiger partial charge in [-0.3, -0.25) is 9.48 Å². The van der Waals surface area contributed by atoms with Crippen LogP contribution in [0, 0.1) is 5.82 Å². The van der Waals surface area contributed by atoms with Crippen LogP contribution in [0.1, 0.15) is 47.1 Å². The average Bonchev–Trinajstić information content (AvgIpc) is 3.18. The van der Waals surface area contributed by atoms with Crippen LogP contribution in [0.15, 0.2) is 18.2 Å². The van der Waals surface area contributed by atoms with Crippen LogP contribution in [-0.2, 0) is 22.7 Å². The molecule has 1 fully saturated rings. The standard InChI is InChI=1S/C18H19ClFN3O3S/c19-14-9-11(5-6-15(14)20)21-18(24)17-13-3-1-2-4-16(13)23(22-17)12-7-8-27(25,26)10-12/h5-6,9,12H,1-4,7-8,10H2,(H,21,24)/t12-/m0/s1. The monoisotopic (exact) mass is 411 g/mol. The summed E-state index contributed by atoms with van der Waals surface area (Å²) in [5, 5.41) is 7.15. The summed E-state index contributed by atoms with van der Waals surface area (Å²) in [7, 11) is -3.05. The van der Waals surface area contributed by atoms with Crippen molar-refractivity contribution in [2.45, 2.75) is 38.1 Å². The highest BCUT2D eigenvalue weighted by Gasteiger charge is 2.34. The number of amides is 1. The van der Waals surface area contributed by atoms with E-state index in [4.69, 9.17) is 11.6 Å². The lowest BCUT2D eigenvalue weighted by atomic mass is 9.95. The summed E-state index contributed by atoms with van der Waals surface area (Å²) in [6.45, 7) is 0. The van der Waals surface area contributed by atoms with E-state index in [0.717, 1.165) is 36.9 Å². The molecule has 0 radical (unpaired) electrons. The molecular weight excluding hydrogens is 393 g/mol. The first-order valence-electron chi connectivity index (χ1n) is 8.91. The highest BCUT2D eigenvalue weighted by Crippen LogP contribution is 2.31. The van der Waals surface area contributed by atoms with Crippen LogP contribution in [0.4, 0.5) is 10.1 Å². The maximum Gasteiger partial charge on any atom is 0.276 e. The second-order valence-corrected chi connectivity index (χ2v) is 9.70. The molecule has 0 bridgehead atoms. The number of sulfone groups is 1. The molecule has 2 heterocycles. The van der Waals surface area contributed by atoms with Gasteiger partial charge in [0.2, 0.25) is 0 Å². The van der Waals surface area contributed by atoms with Gasteiger partial charge >= 0.3 is 0 Å². The lowest BCUT2D eigenvalue weighted by Crippen LogP contribution is -2.17. The first-order chi connectivity index (χ1) is 12.8. The number of hydrogen-bond donors (Lipinski definition) is 1. The molecule has 0 unspecified atom stereocenters. The van der Waals surface area contributed by atoms with Crippen LogP contribution in [-0.4, -0.2) is 35.6 Å². The van der Waals surface area contributed by atoms with Gasteiger partial charge in [0.1, 0.15) is 5.82 Å². The Morgan fingerprint density at radius 1 is 1.30 bits per heavy atom. The van der Waals surface area contributed by atoms with Gasteiger partial charge in [-0.05, 0) is 50.3 Å². The lowest BCUT2D eigenvalue weighted by molar-refractivity contribution is 0.102. The van der Waals surface area contributed by atoms with E-state index in [2.05, 4.69) is 10.4 Å². The van der Waals surface area contributed by atoms with Crippen molar-refractivity contribution in [3.63, 3.8) is 0 Å². The Balaban J connectivity index is 1.66. The maximum absolute atomic E-state index is 13.3. The molecule has 0 saturated carbocycles. The number of halogens is 2. The van der Waals surface area contributed by atoms with Gasteiger partial charge in [0.25, 0.3) is 5.91 Å². The minimum atomic E-state index is -3.05. The fourth-order valence-corrected chi connectivity index (χ4v) is 5.72.